The second-order valence-corrected chi connectivity index (χ2v) is 4.72. The molecule has 0 saturated carbocycles. The molecule has 0 spiro atoms. The molecular formula is C13H26IN3O. The van der Waals surface area contributed by atoms with Crippen molar-refractivity contribution in [3.8, 4) is 0 Å². The topological polar surface area (TPSA) is 59.6 Å². The molecule has 1 aliphatic heterocycles. The lowest BCUT2D eigenvalue weighted by atomic mass is 10.0. The number of aliphatic imine (C=N–C) groups is 1. The van der Waals surface area contributed by atoms with Crippen LogP contribution in [0.15, 0.2) is 17.1 Å². The summed E-state index contributed by atoms with van der Waals surface area (Å²) >= 11 is 0. The number of nitrogens with zero attached hydrogens (tertiary/aromatic N) is 1. The van der Waals surface area contributed by atoms with Gasteiger partial charge in [-0.05, 0) is 39.0 Å². The first-order chi connectivity index (χ1) is 8.18. The van der Waals surface area contributed by atoms with Crippen molar-refractivity contribution in [3.63, 3.8) is 0 Å². The first-order valence-electron chi connectivity index (χ1n) is 6.48. The summed E-state index contributed by atoms with van der Waals surface area (Å²) in [5, 5.41) is 3.11. The number of guanidine groups is 1. The van der Waals surface area contributed by atoms with E-state index in [-0.39, 0.29) is 24.0 Å². The van der Waals surface area contributed by atoms with Gasteiger partial charge in [0.1, 0.15) is 0 Å². The predicted molar refractivity (Wildman–Crippen MR) is 87.5 cm³/mol. The minimum Gasteiger partial charge on any atom is -0.378 e. The van der Waals surface area contributed by atoms with Crippen LogP contribution in [-0.4, -0.2) is 31.8 Å². The number of nitrogens with two attached hydrogens (primary N) is 1. The molecule has 1 aliphatic rings. The highest BCUT2D eigenvalue weighted by molar-refractivity contribution is 14.0. The summed E-state index contributed by atoms with van der Waals surface area (Å²) in [7, 11) is 0. The van der Waals surface area contributed by atoms with Crippen LogP contribution in [0.5, 0.6) is 0 Å². The van der Waals surface area contributed by atoms with Crippen LogP contribution in [0.1, 0.15) is 39.0 Å². The van der Waals surface area contributed by atoms with Crippen molar-refractivity contribution in [2.75, 3.05) is 19.7 Å². The third kappa shape index (κ3) is 8.74. The van der Waals surface area contributed by atoms with Crippen LogP contribution in [0.3, 0.4) is 0 Å². The minimum atomic E-state index is 0. The second kappa shape index (κ2) is 10.6. The van der Waals surface area contributed by atoms with Gasteiger partial charge in [-0.1, -0.05) is 12.2 Å². The van der Waals surface area contributed by atoms with Gasteiger partial charge in [0.15, 0.2) is 5.96 Å². The summed E-state index contributed by atoms with van der Waals surface area (Å²) in [6, 6.07) is 0. The number of nitrogens with one attached hydrogen (secondary N) is 1. The SMILES string of the molecule is C=C(C)CN=C(N)NCCCC1CCCCO1.I. The Balaban J connectivity index is 0.00000289. The van der Waals surface area contributed by atoms with E-state index in [1.165, 1.54) is 19.3 Å². The van der Waals surface area contributed by atoms with Crippen LogP contribution in [0.2, 0.25) is 0 Å². The molecule has 18 heavy (non-hydrogen) atoms. The molecule has 0 radical (unpaired) electrons. The van der Waals surface area contributed by atoms with Crippen molar-refractivity contribution in [1.82, 2.24) is 5.32 Å². The Bertz CT molecular complexity index is 263. The van der Waals surface area contributed by atoms with E-state index >= 15 is 0 Å². The molecule has 0 aromatic rings. The molecule has 0 aromatic heterocycles. The van der Waals surface area contributed by atoms with Gasteiger partial charge in [0.25, 0.3) is 0 Å². The van der Waals surface area contributed by atoms with Gasteiger partial charge in [-0.15, -0.1) is 24.0 Å². The van der Waals surface area contributed by atoms with E-state index in [0.29, 0.717) is 18.6 Å². The van der Waals surface area contributed by atoms with E-state index in [9.17, 15) is 0 Å². The molecule has 1 rings (SSSR count). The highest BCUT2D eigenvalue weighted by Gasteiger charge is 2.12. The van der Waals surface area contributed by atoms with Gasteiger partial charge in [-0.2, -0.15) is 0 Å². The zero-order valence-electron chi connectivity index (χ0n) is 11.3. The maximum absolute atomic E-state index is 5.71. The monoisotopic (exact) mass is 367 g/mol. The molecule has 1 fully saturated rings. The van der Waals surface area contributed by atoms with Crippen LogP contribution in [0.25, 0.3) is 0 Å². The molecule has 0 aliphatic carbocycles. The molecule has 1 atom stereocenters. The summed E-state index contributed by atoms with van der Waals surface area (Å²) < 4.78 is 5.66. The van der Waals surface area contributed by atoms with Crippen molar-refractivity contribution in [3.05, 3.63) is 12.2 Å². The van der Waals surface area contributed by atoms with Crippen LogP contribution in [0.4, 0.5) is 0 Å². The molecule has 4 nitrogen and oxygen atoms in total. The molecule has 1 unspecified atom stereocenters. The van der Waals surface area contributed by atoms with Crippen LogP contribution >= 0.6 is 24.0 Å². The van der Waals surface area contributed by atoms with E-state index in [0.717, 1.165) is 31.6 Å². The van der Waals surface area contributed by atoms with Gasteiger partial charge >= 0.3 is 0 Å². The molecule has 106 valence electrons. The van der Waals surface area contributed by atoms with Crippen molar-refractivity contribution >= 4 is 29.9 Å². The van der Waals surface area contributed by atoms with Gasteiger partial charge in [-0.3, -0.25) is 0 Å². The lowest BCUT2D eigenvalue weighted by molar-refractivity contribution is 0.0104. The molecule has 1 saturated heterocycles. The third-order valence-corrected chi connectivity index (χ3v) is 2.80. The third-order valence-electron chi connectivity index (χ3n) is 2.80. The Hall–Kier alpha value is -0.300. The number of halogens is 1. The fourth-order valence-corrected chi connectivity index (χ4v) is 1.86. The Morgan fingerprint density at radius 3 is 2.89 bits per heavy atom. The molecule has 5 heteroatoms. The number of rotatable bonds is 6. The fourth-order valence-electron chi connectivity index (χ4n) is 1.86. The lowest BCUT2D eigenvalue weighted by Gasteiger charge is -2.22. The summed E-state index contributed by atoms with van der Waals surface area (Å²) in [5.41, 5.74) is 6.73. The first kappa shape index (κ1) is 17.7. The van der Waals surface area contributed by atoms with Crippen molar-refractivity contribution in [1.29, 1.82) is 0 Å². The van der Waals surface area contributed by atoms with Crippen molar-refractivity contribution in [2.45, 2.75) is 45.1 Å². The van der Waals surface area contributed by atoms with Gasteiger partial charge in [0.05, 0.1) is 12.6 Å². The normalized spacial score (nSPS) is 20.1. The highest BCUT2D eigenvalue weighted by Crippen LogP contribution is 2.16. The first-order valence-corrected chi connectivity index (χ1v) is 6.48. The summed E-state index contributed by atoms with van der Waals surface area (Å²) in [5.74, 6) is 0.512. The maximum Gasteiger partial charge on any atom is 0.188 e. The van der Waals surface area contributed by atoms with Crippen molar-refractivity contribution < 1.29 is 4.74 Å². The average Bonchev–Trinajstić information content (AvgIpc) is 2.33. The number of hydrogen-bond donors (Lipinski definition) is 2. The molecule has 0 bridgehead atoms. The smallest absolute Gasteiger partial charge is 0.188 e. The van der Waals surface area contributed by atoms with Gasteiger partial charge in [0, 0.05) is 13.2 Å². The maximum atomic E-state index is 5.71. The predicted octanol–water partition coefficient (Wildman–Crippen LogP) is 2.43. The van der Waals surface area contributed by atoms with E-state index in [2.05, 4.69) is 16.9 Å². The van der Waals surface area contributed by atoms with Crippen LogP contribution < -0.4 is 11.1 Å². The van der Waals surface area contributed by atoms with Crippen molar-refractivity contribution in [2.24, 2.45) is 10.7 Å². The number of hydrogen-bond acceptors (Lipinski definition) is 2. The van der Waals surface area contributed by atoms with Crippen LogP contribution in [0, 0.1) is 0 Å². The fraction of sp³-hybridized carbons (Fsp3) is 0.769. The molecule has 0 amide bonds. The number of ether oxygens (including phenoxy) is 1. The summed E-state index contributed by atoms with van der Waals surface area (Å²) in [6.45, 7) is 8.12. The minimum absolute atomic E-state index is 0. The zero-order chi connectivity index (χ0) is 12.5. The van der Waals surface area contributed by atoms with E-state index < -0.39 is 0 Å². The van der Waals surface area contributed by atoms with E-state index in [1.54, 1.807) is 0 Å². The quantitative estimate of drug-likeness (QED) is 0.249. The molecular weight excluding hydrogens is 341 g/mol. The van der Waals surface area contributed by atoms with E-state index in [1.807, 2.05) is 6.92 Å². The standard InChI is InChI=1S/C13H25N3O.HI/c1-11(2)10-16-13(14)15-8-5-7-12-6-3-4-9-17-12;/h12H,1,3-10H2,2H3,(H3,14,15,16);1H. The Kier molecular flexibility index (Phi) is 10.4. The Morgan fingerprint density at radius 2 is 2.28 bits per heavy atom. The molecule has 1 heterocycles. The second-order valence-electron chi connectivity index (χ2n) is 4.72. The highest BCUT2D eigenvalue weighted by atomic mass is 127. The van der Waals surface area contributed by atoms with Gasteiger partial charge in [0.2, 0.25) is 0 Å². The molecule has 3 N–H and O–H groups in total. The van der Waals surface area contributed by atoms with Crippen LogP contribution in [-0.2, 0) is 4.74 Å². The molecule has 0 aromatic carbocycles. The lowest BCUT2D eigenvalue weighted by Crippen LogP contribution is -2.33. The largest absolute Gasteiger partial charge is 0.378 e. The average molecular weight is 367 g/mol. The van der Waals surface area contributed by atoms with E-state index in [4.69, 9.17) is 10.5 Å². The summed E-state index contributed by atoms with van der Waals surface area (Å²) in [6.07, 6.45) is 6.38. The van der Waals surface area contributed by atoms with Gasteiger partial charge in [-0.25, -0.2) is 4.99 Å². The Morgan fingerprint density at radius 1 is 1.50 bits per heavy atom. The summed E-state index contributed by atoms with van der Waals surface area (Å²) in [4.78, 5) is 4.16. The Labute approximate surface area is 127 Å². The zero-order valence-corrected chi connectivity index (χ0v) is 13.6. The van der Waals surface area contributed by atoms with Gasteiger partial charge < -0.3 is 15.8 Å².